The standard InChI is InChI=1S/C35H26N2O2S/c1-3-27(10-6-20-40(2,38)39)36-37-28-17-14-24(15-18-28)32-29-11-5-8-23-12-13-26-21-25-9-4-7-22-16-19-30(32)35(31(22)25)34(26)33(23)29/h3,5-6,8-21H,1,4,7H2,2H3/b20-6+,27-10+,37-36?. The van der Waals surface area contributed by atoms with Crippen molar-refractivity contribution >= 4 is 64.7 Å². The highest BCUT2D eigenvalue weighted by Gasteiger charge is 2.21. The summed E-state index contributed by atoms with van der Waals surface area (Å²) in [5, 5.41) is 21.6. The summed E-state index contributed by atoms with van der Waals surface area (Å²) in [6.45, 7) is 3.75. The number of allylic oxidation sites excluding steroid dienone is 3. The summed E-state index contributed by atoms with van der Waals surface area (Å²) in [6.07, 6.45) is 10.2. The number of nitrogens with zero attached hydrogens (tertiary/aromatic N) is 2. The van der Waals surface area contributed by atoms with Crippen molar-refractivity contribution in [3.63, 3.8) is 0 Å². The fraction of sp³-hybridized carbons (Fsp3) is 0.0857. The van der Waals surface area contributed by atoms with Gasteiger partial charge in [-0.3, -0.25) is 0 Å². The number of sulfone groups is 1. The number of aryl methyl sites for hydroxylation is 1. The molecule has 0 radical (unpaired) electrons. The second-order valence-corrected chi connectivity index (χ2v) is 12.3. The van der Waals surface area contributed by atoms with Gasteiger partial charge in [0.2, 0.25) is 0 Å². The fourth-order valence-electron chi connectivity index (χ4n) is 6.12. The van der Waals surface area contributed by atoms with Crippen LogP contribution in [0, 0.1) is 0 Å². The van der Waals surface area contributed by atoms with Crippen LogP contribution in [0.15, 0.2) is 119 Å². The van der Waals surface area contributed by atoms with Crippen LogP contribution >= 0.6 is 0 Å². The topological polar surface area (TPSA) is 58.9 Å². The first-order valence-corrected chi connectivity index (χ1v) is 15.2. The molecule has 0 saturated carbocycles. The molecule has 0 saturated heterocycles. The van der Waals surface area contributed by atoms with Gasteiger partial charge in [-0.1, -0.05) is 67.3 Å². The van der Waals surface area contributed by atoms with Crippen molar-refractivity contribution < 1.29 is 8.42 Å². The summed E-state index contributed by atoms with van der Waals surface area (Å²) in [5.41, 5.74) is 4.97. The van der Waals surface area contributed by atoms with E-state index >= 15 is 0 Å². The van der Waals surface area contributed by atoms with Gasteiger partial charge in [0.05, 0.1) is 11.4 Å². The highest BCUT2D eigenvalue weighted by atomic mass is 32.2. The van der Waals surface area contributed by atoms with E-state index in [1.807, 2.05) is 12.1 Å². The lowest BCUT2D eigenvalue weighted by Crippen LogP contribution is -2.11. The summed E-state index contributed by atoms with van der Waals surface area (Å²) in [6, 6.07) is 26.3. The minimum Gasteiger partial charge on any atom is -0.225 e. The van der Waals surface area contributed by atoms with Crippen LogP contribution in [0.5, 0.6) is 0 Å². The van der Waals surface area contributed by atoms with Crippen molar-refractivity contribution in [2.45, 2.75) is 12.8 Å². The molecule has 0 aliphatic heterocycles. The summed E-state index contributed by atoms with van der Waals surface area (Å²) in [4.78, 5) is 0. The smallest absolute Gasteiger partial charge is 0.168 e. The van der Waals surface area contributed by atoms with Crippen molar-refractivity contribution in [2.24, 2.45) is 10.2 Å². The highest BCUT2D eigenvalue weighted by Crippen LogP contribution is 2.46. The molecule has 1 aliphatic rings. The number of benzene rings is 6. The molecule has 0 fully saturated rings. The SMILES string of the molecule is C=C/C(=C\C=C\S(C)(=O)=O)N=Nc1ccc(-c2c3cccc4ccc5cc6c7c(ccc2c7c5c43)CCC=6)cc1. The van der Waals surface area contributed by atoms with Crippen molar-refractivity contribution in [1.82, 2.24) is 0 Å². The van der Waals surface area contributed by atoms with Crippen LogP contribution in [0.1, 0.15) is 12.0 Å². The lowest BCUT2D eigenvalue weighted by Gasteiger charge is -2.22. The molecular formula is C35H26N2O2S. The van der Waals surface area contributed by atoms with E-state index in [2.05, 4.69) is 83.5 Å². The van der Waals surface area contributed by atoms with Crippen LogP contribution in [0.2, 0.25) is 0 Å². The summed E-state index contributed by atoms with van der Waals surface area (Å²) < 4.78 is 22.7. The molecule has 0 amide bonds. The molecule has 0 atom stereocenters. The van der Waals surface area contributed by atoms with Gasteiger partial charge in [0.15, 0.2) is 9.84 Å². The predicted molar refractivity (Wildman–Crippen MR) is 168 cm³/mol. The minimum atomic E-state index is -3.21. The van der Waals surface area contributed by atoms with E-state index in [-0.39, 0.29) is 0 Å². The van der Waals surface area contributed by atoms with Crippen LogP contribution in [0.25, 0.3) is 60.3 Å². The maximum absolute atomic E-state index is 11.3. The fourth-order valence-corrected chi connectivity index (χ4v) is 6.48. The molecule has 6 aromatic carbocycles. The number of hydrogen-bond donors (Lipinski definition) is 0. The van der Waals surface area contributed by atoms with Crippen molar-refractivity contribution in [3.05, 3.63) is 119 Å². The molecule has 6 aromatic rings. The van der Waals surface area contributed by atoms with Crippen LogP contribution in [-0.4, -0.2) is 14.7 Å². The van der Waals surface area contributed by atoms with Crippen LogP contribution in [0.3, 0.4) is 0 Å². The Morgan fingerprint density at radius 2 is 1.68 bits per heavy atom. The first kappa shape index (κ1) is 24.4. The van der Waals surface area contributed by atoms with E-state index in [0.29, 0.717) is 11.4 Å². The minimum absolute atomic E-state index is 0.471. The lowest BCUT2D eigenvalue weighted by molar-refractivity contribution is 0.610. The zero-order valence-corrected chi connectivity index (χ0v) is 22.9. The van der Waals surface area contributed by atoms with Crippen LogP contribution in [0.4, 0.5) is 5.69 Å². The zero-order chi connectivity index (χ0) is 27.4. The van der Waals surface area contributed by atoms with E-state index in [1.165, 1.54) is 71.6 Å². The first-order chi connectivity index (χ1) is 19.4. The van der Waals surface area contributed by atoms with Crippen LogP contribution in [-0.2, 0) is 16.3 Å². The summed E-state index contributed by atoms with van der Waals surface area (Å²) in [5.74, 6) is 0. The maximum Gasteiger partial charge on any atom is 0.168 e. The van der Waals surface area contributed by atoms with Gasteiger partial charge in [0.25, 0.3) is 0 Å². The quantitative estimate of drug-likeness (QED) is 0.0923. The molecule has 40 heavy (non-hydrogen) atoms. The Kier molecular flexibility index (Phi) is 5.65. The molecule has 1 aliphatic carbocycles. The zero-order valence-electron chi connectivity index (χ0n) is 22.1. The molecule has 194 valence electrons. The Bertz CT molecular complexity index is 2240. The van der Waals surface area contributed by atoms with E-state index in [9.17, 15) is 8.42 Å². The average Bonchev–Trinajstić information content (AvgIpc) is 2.96. The average molecular weight is 539 g/mol. The second-order valence-electron chi connectivity index (χ2n) is 10.4. The normalized spacial score (nSPS) is 14.4. The second kappa shape index (κ2) is 9.25. The Hall–Kier alpha value is -4.61. The van der Waals surface area contributed by atoms with Crippen LogP contribution < -0.4 is 5.22 Å². The van der Waals surface area contributed by atoms with E-state index < -0.39 is 9.84 Å². The third-order valence-electron chi connectivity index (χ3n) is 7.77. The summed E-state index contributed by atoms with van der Waals surface area (Å²) in [7, 11) is -3.21. The monoisotopic (exact) mass is 538 g/mol. The third-order valence-corrected chi connectivity index (χ3v) is 8.43. The van der Waals surface area contributed by atoms with Gasteiger partial charge in [-0.2, -0.15) is 10.2 Å². The molecule has 0 spiro atoms. The van der Waals surface area contributed by atoms with Gasteiger partial charge in [-0.15, -0.1) is 0 Å². The number of rotatable bonds is 6. The third kappa shape index (κ3) is 4.02. The molecule has 5 heteroatoms. The highest BCUT2D eigenvalue weighted by molar-refractivity contribution is 7.93. The predicted octanol–water partition coefficient (Wildman–Crippen LogP) is 8.56. The van der Waals surface area contributed by atoms with Gasteiger partial charge in [0, 0.05) is 11.7 Å². The molecule has 0 N–H and O–H groups in total. The van der Waals surface area contributed by atoms with Crippen molar-refractivity contribution in [2.75, 3.05) is 6.26 Å². The van der Waals surface area contributed by atoms with E-state index in [0.717, 1.165) is 30.1 Å². The van der Waals surface area contributed by atoms with Gasteiger partial charge >= 0.3 is 0 Å². The Morgan fingerprint density at radius 3 is 2.48 bits per heavy atom. The molecule has 4 nitrogen and oxygen atoms in total. The number of hydrogen-bond acceptors (Lipinski definition) is 4. The molecule has 0 bridgehead atoms. The Morgan fingerprint density at radius 1 is 0.875 bits per heavy atom. The van der Waals surface area contributed by atoms with Gasteiger partial charge in [-0.25, -0.2) is 8.42 Å². The van der Waals surface area contributed by atoms with Gasteiger partial charge in [-0.05, 0) is 114 Å². The van der Waals surface area contributed by atoms with E-state index in [1.54, 1.807) is 6.08 Å². The van der Waals surface area contributed by atoms with Gasteiger partial charge in [0.1, 0.15) is 0 Å². The van der Waals surface area contributed by atoms with E-state index in [4.69, 9.17) is 0 Å². The Labute approximate surface area is 232 Å². The largest absolute Gasteiger partial charge is 0.225 e. The number of azo groups is 1. The van der Waals surface area contributed by atoms with Crippen molar-refractivity contribution in [3.8, 4) is 11.1 Å². The molecule has 7 rings (SSSR count). The molecule has 0 unspecified atom stereocenters. The Balaban J connectivity index is 1.40. The first-order valence-electron chi connectivity index (χ1n) is 13.3. The maximum atomic E-state index is 11.3. The lowest BCUT2D eigenvalue weighted by atomic mass is 9.81. The summed E-state index contributed by atoms with van der Waals surface area (Å²) >= 11 is 0. The van der Waals surface area contributed by atoms with Crippen molar-refractivity contribution in [1.29, 1.82) is 0 Å². The molecule has 0 aromatic heterocycles. The van der Waals surface area contributed by atoms with Gasteiger partial charge < -0.3 is 0 Å². The molecular weight excluding hydrogens is 512 g/mol. The molecule has 0 heterocycles.